The summed E-state index contributed by atoms with van der Waals surface area (Å²) in [4.78, 5) is 11.7. The van der Waals surface area contributed by atoms with Gasteiger partial charge in [-0.15, -0.1) is 0 Å². The van der Waals surface area contributed by atoms with Crippen LogP contribution in [-0.2, 0) is 5.41 Å². The monoisotopic (exact) mass is 244 g/mol. The van der Waals surface area contributed by atoms with Crippen LogP contribution in [0.3, 0.4) is 0 Å². The van der Waals surface area contributed by atoms with Crippen LogP contribution < -0.4 is 5.32 Å². The van der Waals surface area contributed by atoms with E-state index in [4.69, 9.17) is 0 Å². The molecule has 1 amide bonds. The van der Waals surface area contributed by atoms with E-state index in [9.17, 15) is 4.79 Å². The van der Waals surface area contributed by atoms with Gasteiger partial charge in [-0.3, -0.25) is 4.79 Å². The minimum absolute atomic E-state index is 0.106. The van der Waals surface area contributed by atoms with Gasteiger partial charge in [0.1, 0.15) is 6.26 Å². The van der Waals surface area contributed by atoms with Crippen LogP contribution in [0.4, 0.5) is 5.69 Å². The highest BCUT2D eigenvalue weighted by atomic mass is 16.5. The molecule has 0 unspecified atom stereocenters. The molecule has 0 saturated heterocycles. The first-order valence-corrected chi connectivity index (χ1v) is 5.79. The van der Waals surface area contributed by atoms with Gasteiger partial charge in [0.2, 0.25) is 0 Å². The van der Waals surface area contributed by atoms with Gasteiger partial charge in [0, 0.05) is 11.8 Å². The molecule has 0 aliphatic carbocycles. The molecule has 1 N–H and O–H groups in total. The Hall–Kier alpha value is -2.10. The predicted octanol–water partition coefficient (Wildman–Crippen LogP) is 3.22. The van der Waals surface area contributed by atoms with Crippen molar-refractivity contribution < 1.29 is 9.32 Å². The van der Waals surface area contributed by atoms with Crippen LogP contribution in [0.25, 0.3) is 0 Å². The Morgan fingerprint density at radius 3 is 2.33 bits per heavy atom. The number of aromatic nitrogens is 1. The van der Waals surface area contributed by atoms with E-state index in [1.165, 1.54) is 17.9 Å². The molecule has 0 saturated carbocycles. The molecule has 0 fully saturated rings. The van der Waals surface area contributed by atoms with Gasteiger partial charge in [-0.05, 0) is 23.1 Å². The van der Waals surface area contributed by atoms with Gasteiger partial charge in [-0.25, -0.2) is 0 Å². The maximum Gasteiger partial charge on any atom is 0.277 e. The fourth-order valence-electron chi connectivity index (χ4n) is 1.58. The summed E-state index contributed by atoms with van der Waals surface area (Å²) in [6.07, 6.45) is 1.37. The second-order valence-electron chi connectivity index (χ2n) is 5.17. The number of benzene rings is 1. The Kier molecular flexibility index (Phi) is 3.19. The maximum absolute atomic E-state index is 11.7. The molecule has 0 aliphatic heterocycles. The van der Waals surface area contributed by atoms with Crippen LogP contribution in [0.1, 0.15) is 36.8 Å². The minimum Gasteiger partial charge on any atom is -0.364 e. The Bertz CT molecular complexity index is 522. The van der Waals surface area contributed by atoms with E-state index in [0.717, 1.165) is 5.69 Å². The Morgan fingerprint density at radius 1 is 1.17 bits per heavy atom. The average Bonchev–Trinajstić information content (AvgIpc) is 2.82. The quantitative estimate of drug-likeness (QED) is 0.882. The topological polar surface area (TPSA) is 55.1 Å². The van der Waals surface area contributed by atoms with Gasteiger partial charge in [0.25, 0.3) is 5.91 Å². The van der Waals surface area contributed by atoms with Gasteiger partial charge in [0.15, 0.2) is 5.69 Å². The van der Waals surface area contributed by atoms with Gasteiger partial charge < -0.3 is 9.84 Å². The lowest BCUT2D eigenvalue weighted by Crippen LogP contribution is -2.13. The van der Waals surface area contributed by atoms with E-state index >= 15 is 0 Å². The summed E-state index contributed by atoms with van der Waals surface area (Å²) in [7, 11) is 0. The van der Waals surface area contributed by atoms with E-state index in [0.29, 0.717) is 0 Å². The van der Waals surface area contributed by atoms with Crippen LogP contribution >= 0.6 is 0 Å². The van der Waals surface area contributed by atoms with Crippen LogP contribution in [0.5, 0.6) is 0 Å². The summed E-state index contributed by atoms with van der Waals surface area (Å²) < 4.78 is 4.63. The predicted molar refractivity (Wildman–Crippen MR) is 69.6 cm³/mol. The number of anilines is 1. The summed E-state index contributed by atoms with van der Waals surface area (Å²) in [5, 5.41) is 6.34. The number of carbonyl (C=O) groups is 1. The van der Waals surface area contributed by atoms with Crippen molar-refractivity contribution in [1.82, 2.24) is 5.16 Å². The fraction of sp³-hybridized carbons (Fsp3) is 0.286. The first-order valence-electron chi connectivity index (χ1n) is 5.79. The smallest absolute Gasteiger partial charge is 0.277 e. The summed E-state index contributed by atoms with van der Waals surface area (Å²) in [5.74, 6) is -0.271. The van der Waals surface area contributed by atoms with Crippen molar-refractivity contribution in [1.29, 1.82) is 0 Å². The molecule has 4 heteroatoms. The molecule has 2 rings (SSSR count). The minimum atomic E-state index is -0.271. The summed E-state index contributed by atoms with van der Waals surface area (Å²) in [5.41, 5.74) is 2.35. The van der Waals surface area contributed by atoms with Crippen molar-refractivity contribution in [2.75, 3.05) is 5.32 Å². The molecule has 0 atom stereocenters. The van der Waals surface area contributed by atoms with Crippen LogP contribution in [-0.4, -0.2) is 11.1 Å². The van der Waals surface area contributed by atoms with Crippen molar-refractivity contribution in [2.45, 2.75) is 26.2 Å². The van der Waals surface area contributed by atoms with Crippen molar-refractivity contribution in [3.8, 4) is 0 Å². The van der Waals surface area contributed by atoms with Gasteiger partial charge in [0.05, 0.1) is 0 Å². The largest absolute Gasteiger partial charge is 0.364 e. The fourth-order valence-corrected chi connectivity index (χ4v) is 1.58. The van der Waals surface area contributed by atoms with Crippen molar-refractivity contribution in [3.63, 3.8) is 0 Å². The second kappa shape index (κ2) is 4.64. The lowest BCUT2D eigenvalue weighted by molar-refractivity contribution is 0.101. The molecular weight excluding hydrogens is 228 g/mol. The number of hydrogen-bond donors (Lipinski definition) is 1. The molecule has 18 heavy (non-hydrogen) atoms. The zero-order valence-electron chi connectivity index (χ0n) is 10.7. The second-order valence-corrected chi connectivity index (χ2v) is 5.17. The summed E-state index contributed by atoms with van der Waals surface area (Å²) in [6.45, 7) is 6.45. The van der Waals surface area contributed by atoms with E-state index in [1.807, 2.05) is 24.3 Å². The van der Waals surface area contributed by atoms with Gasteiger partial charge >= 0.3 is 0 Å². The molecule has 1 aromatic carbocycles. The van der Waals surface area contributed by atoms with Crippen LogP contribution in [0, 0.1) is 0 Å². The van der Waals surface area contributed by atoms with E-state index < -0.39 is 0 Å². The first kappa shape index (κ1) is 12.4. The third kappa shape index (κ3) is 2.77. The van der Waals surface area contributed by atoms with E-state index in [2.05, 4.69) is 35.8 Å². The zero-order chi connectivity index (χ0) is 13.2. The van der Waals surface area contributed by atoms with Gasteiger partial charge in [-0.1, -0.05) is 38.1 Å². The summed E-state index contributed by atoms with van der Waals surface area (Å²) in [6, 6.07) is 9.33. The SMILES string of the molecule is CC(C)(C)c1ccc(NC(=O)c2ccon2)cc1. The van der Waals surface area contributed by atoms with Crippen LogP contribution in [0.2, 0.25) is 0 Å². The zero-order valence-corrected chi connectivity index (χ0v) is 10.7. The molecule has 1 aromatic heterocycles. The first-order chi connectivity index (χ1) is 8.47. The highest BCUT2D eigenvalue weighted by molar-refractivity contribution is 6.02. The highest BCUT2D eigenvalue weighted by Crippen LogP contribution is 2.23. The number of nitrogens with one attached hydrogen (secondary N) is 1. The molecule has 2 aromatic rings. The number of rotatable bonds is 2. The lowest BCUT2D eigenvalue weighted by atomic mass is 9.87. The molecule has 1 heterocycles. The van der Waals surface area contributed by atoms with Gasteiger partial charge in [-0.2, -0.15) is 0 Å². The average molecular weight is 244 g/mol. The number of hydrogen-bond acceptors (Lipinski definition) is 3. The normalized spacial score (nSPS) is 11.3. The Labute approximate surface area is 106 Å². The van der Waals surface area contributed by atoms with E-state index in [-0.39, 0.29) is 17.0 Å². The molecule has 0 spiro atoms. The molecule has 0 aliphatic rings. The number of carbonyl (C=O) groups excluding carboxylic acids is 1. The van der Waals surface area contributed by atoms with Crippen molar-refractivity contribution in [2.24, 2.45) is 0 Å². The molecule has 0 radical (unpaired) electrons. The third-order valence-electron chi connectivity index (χ3n) is 2.68. The van der Waals surface area contributed by atoms with Crippen LogP contribution in [0.15, 0.2) is 41.1 Å². The standard InChI is InChI=1S/C14H16N2O2/c1-14(2,3)10-4-6-11(7-5-10)15-13(17)12-8-9-18-16-12/h4-9H,1-3H3,(H,15,17). The van der Waals surface area contributed by atoms with Crippen molar-refractivity contribution >= 4 is 11.6 Å². The number of amides is 1. The molecule has 0 bridgehead atoms. The van der Waals surface area contributed by atoms with E-state index in [1.54, 1.807) is 0 Å². The highest BCUT2D eigenvalue weighted by Gasteiger charge is 2.14. The van der Waals surface area contributed by atoms with Crippen molar-refractivity contribution in [3.05, 3.63) is 47.9 Å². The lowest BCUT2D eigenvalue weighted by Gasteiger charge is -2.19. The summed E-state index contributed by atoms with van der Waals surface area (Å²) >= 11 is 0. The number of nitrogens with zero attached hydrogens (tertiary/aromatic N) is 1. The molecule has 94 valence electrons. The third-order valence-corrected chi connectivity index (χ3v) is 2.68. The Morgan fingerprint density at radius 2 is 1.83 bits per heavy atom. The molecular formula is C14H16N2O2. The molecule has 4 nitrogen and oxygen atoms in total. The Balaban J connectivity index is 2.09. The maximum atomic E-state index is 11.7.